The van der Waals surface area contributed by atoms with Gasteiger partial charge in [0.2, 0.25) is 17.7 Å². The number of rotatable bonds is 15. The number of aromatic hydroxyl groups is 2. The number of hydrogen-bond acceptors (Lipinski definition) is 7. The maximum Gasteiger partial charge on any atom is 0.326 e. The highest BCUT2D eigenvalue weighted by atomic mass is 16.4. The van der Waals surface area contributed by atoms with Crippen molar-refractivity contribution in [1.29, 1.82) is 0 Å². The summed E-state index contributed by atoms with van der Waals surface area (Å²) in [5.74, 6) is -3.32. The van der Waals surface area contributed by atoms with E-state index in [9.17, 15) is 34.5 Å². The highest BCUT2D eigenvalue weighted by Gasteiger charge is 2.32. The van der Waals surface area contributed by atoms with E-state index in [4.69, 9.17) is 5.73 Å². The fourth-order valence-corrected chi connectivity index (χ4v) is 5.20. The van der Waals surface area contributed by atoms with Crippen LogP contribution in [-0.2, 0) is 38.4 Å². The van der Waals surface area contributed by atoms with Crippen molar-refractivity contribution in [2.24, 2.45) is 11.7 Å². The van der Waals surface area contributed by atoms with Crippen molar-refractivity contribution in [2.75, 3.05) is 0 Å². The number of aromatic nitrogens is 1. The largest absolute Gasteiger partial charge is 0.508 e. The van der Waals surface area contributed by atoms with Crippen molar-refractivity contribution in [2.45, 2.75) is 63.7 Å². The fraction of sp³-hybridized carbons (Fsp3) is 0.314. The molecule has 0 saturated carbocycles. The number of amides is 3. The molecule has 3 amide bonds. The molecule has 12 nitrogen and oxygen atoms in total. The number of carbonyl (C=O) groups is 4. The summed E-state index contributed by atoms with van der Waals surface area (Å²) >= 11 is 0. The Balaban J connectivity index is 1.62. The van der Waals surface area contributed by atoms with E-state index in [-0.39, 0.29) is 36.7 Å². The van der Waals surface area contributed by atoms with Gasteiger partial charge in [-0.1, -0.05) is 62.7 Å². The number of fused-ring (bicyclic) bond motifs is 1. The van der Waals surface area contributed by atoms with E-state index in [1.165, 1.54) is 24.3 Å². The van der Waals surface area contributed by atoms with Crippen LogP contribution >= 0.6 is 0 Å². The SMILES string of the molecule is CCC(C)C(N)C(=O)NC(Cc1ccc(O)cc1)C(=O)NC(Cc1c[nH]c2ccccc12)C(=O)NC(Cc1ccc(O)cc1)C(=O)O. The Hall–Kier alpha value is -5.36. The highest BCUT2D eigenvalue weighted by Crippen LogP contribution is 2.20. The van der Waals surface area contributed by atoms with Gasteiger partial charge >= 0.3 is 5.97 Å². The van der Waals surface area contributed by atoms with E-state index in [1.807, 2.05) is 38.1 Å². The van der Waals surface area contributed by atoms with Crippen LogP contribution in [0.3, 0.4) is 0 Å². The number of benzene rings is 3. The average Bonchev–Trinajstić information content (AvgIpc) is 3.47. The molecule has 0 aliphatic heterocycles. The fourth-order valence-electron chi connectivity index (χ4n) is 5.20. The van der Waals surface area contributed by atoms with Gasteiger partial charge in [-0.2, -0.15) is 0 Å². The minimum atomic E-state index is -1.34. The Morgan fingerprint density at radius 3 is 1.77 bits per heavy atom. The molecular weight excluding hydrogens is 602 g/mol. The Kier molecular flexibility index (Phi) is 11.6. The third-order valence-electron chi connectivity index (χ3n) is 8.29. The van der Waals surface area contributed by atoms with Crippen molar-refractivity contribution >= 4 is 34.6 Å². The second-order valence-corrected chi connectivity index (χ2v) is 11.7. The number of carboxylic acids is 1. The number of aromatic amines is 1. The third-order valence-corrected chi connectivity index (χ3v) is 8.29. The maximum atomic E-state index is 13.9. The summed E-state index contributed by atoms with van der Waals surface area (Å²) in [6.45, 7) is 3.73. The summed E-state index contributed by atoms with van der Waals surface area (Å²) in [5.41, 5.74) is 8.91. The molecule has 4 aromatic rings. The van der Waals surface area contributed by atoms with Gasteiger partial charge in [-0.25, -0.2) is 4.79 Å². The quantitative estimate of drug-likeness (QED) is 0.0963. The monoisotopic (exact) mass is 643 g/mol. The number of nitrogens with two attached hydrogens (primary N) is 1. The van der Waals surface area contributed by atoms with Crippen LogP contribution in [0.15, 0.2) is 79.0 Å². The molecule has 0 aliphatic carbocycles. The summed E-state index contributed by atoms with van der Waals surface area (Å²) in [6, 6.07) is 15.0. The molecule has 0 bridgehead atoms. The lowest BCUT2D eigenvalue weighted by atomic mass is 9.98. The second kappa shape index (κ2) is 15.8. The zero-order valence-corrected chi connectivity index (χ0v) is 26.3. The number of aliphatic carboxylic acids is 1. The first-order valence-electron chi connectivity index (χ1n) is 15.5. The Morgan fingerprint density at radius 2 is 1.21 bits per heavy atom. The van der Waals surface area contributed by atoms with Crippen molar-refractivity contribution in [3.8, 4) is 11.5 Å². The van der Waals surface area contributed by atoms with Crippen LogP contribution in [0.1, 0.15) is 37.0 Å². The molecule has 12 heteroatoms. The lowest BCUT2D eigenvalue weighted by Crippen LogP contribution is -2.58. The van der Waals surface area contributed by atoms with Crippen molar-refractivity contribution in [3.63, 3.8) is 0 Å². The normalized spacial score (nSPS) is 14.4. The number of para-hydroxylation sites is 1. The summed E-state index contributed by atoms with van der Waals surface area (Å²) in [4.78, 5) is 56.2. The van der Waals surface area contributed by atoms with E-state index in [1.54, 1.807) is 30.5 Å². The van der Waals surface area contributed by atoms with Crippen LogP contribution in [0.4, 0.5) is 0 Å². The molecule has 5 atom stereocenters. The van der Waals surface area contributed by atoms with Gasteiger partial charge in [0.25, 0.3) is 0 Å². The zero-order chi connectivity index (χ0) is 34.1. The van der Waals surface area contributed by atoms with E-state index in [0.29, 0.717) is 23.1 Å². The van der Waals surface area contributed by atoms with Gasteiger partial charge in [0.15, 0.2) is 0 Å². The molecule has 0 saturated heterocycles. The van der Waals surface area contributed by atoms with Crippen molar-refractivity contribution < 1.29 is 34.5 Å². The first-order valence-corrected chi connectivity index (χ1v) is 15.5. The first kappa shape index (κ1) is 34.5. The molecule has 0 radical (unpaired) electrons. The molecule has 0 fully saturated rings. The number of nitrogens with one attached hydrogen (secondary N) is 4. The molecule has 248 valence electrons. The summed E-state index contributed by atoms with van der Waals surface area (Å²) < 4.78 is 0. The number of hydrogen-bond donors (Lipinski definition) is 8. The number of carbonyl (C=O) groups excluding carboxylic acids is 3. The summed E-state index contributed by atoms with van der Waals surface area (Å²) in [6.07, 6.45) is 2.35. The molecule has 3 aromatic carbocycles. The second-order valence-electron chi connectivity index (χ2n) is 11.7. The predicted molar refractivity (Wildman–Crippen MR) is 176 cm³/mol. The molecule has 4 rings (SSSR count). The Bertz CT molecular complexity index is 1690. The van der Waals surface area contributed by atoms with E-state index < -0.39 is 47.9 Å². The van der Waals surface area contributed by atoms with Crippen LogP contribution in [0.2, 0.25) is 0 Å². The maximum absolute atomic E-state index is 13.9. The highest BCUT2D eigenvalue weighted by molar-refractivity contribution is 5.95. The summed E-state index contributed by atoms with van der Waals surface area (Å²) in [5, 5.41) is 38.2. The molecule has 0 spiro atoms. The number of phenolic OH excluding ortho intramolecular Hbond substituents is 2. The van der Waals surface area contributed by atoms with Gasteiger partial charge in [-0.3, -0.25) is 14.4 Å². The zero-order valence-electron chi connectivity index (χ0n) is 26.3. The van der Waals surface area contributed by atoms with Gasteiger partial charge in [-0.05, 0) is 52.9 Å². The van der Waals surface area contributed by atoms with Gasteiger partial charge in [0.1, 0.15) is 29.6 Å². The molecule has 1 aromatic heterocycles. The van der Waals surface area contributed by atoms with Gasteiger partial charge in [-0.15, -0.1) is 0 Å². The van der Waals surface area contributed by atoms with E-state index in [0.717, 1.165) is 10.9 Å². The molecule has 47 heavy (non-hydrogen) atoms. The minimum absolute atomic E-state index is 0.0133. The van der Waals surface area contributed by atoms with Gasteiger partial charge in [0, 0.05) is 36.4 Å². The van der Waals surface area contributed by atoms with Gasteiger partial charge in [0.05, 0.1) is 6.04 Å². The van der Waals surface area contributed by atoms with Crippen molar-refractivity contribution in [3.05, 3.63) is 95.7 Å². The number of phenols is 2. The topological polar surface area (TPSA) is 207 Å². The van der Waals surface area contributed by atoms with E-state index >= 15 is 0 Å². The van der Waals surface area contributed by atoms with Gasteiger partial charge < -0.3 is 42.0 Å². The summed E-state index contributed by atoms with van der Waals surface area (Å²) in [7, 11) is 0. The average molecular weight is 644 g/mol. The Labute approximate surface area is 272 Å². The van der Waals surface area contributed by atoms with Crippen LogP contribution in [0.5, 0.6) is 11.5 Å². The lowest BCUT2D eigenvalue weighted by Gasteiger charge is -2.26. The lowest BCUT2D eigenvalue weighted by molar-refractivity contribution is -0.142. The van der Waals surface area contributed by atoms with Crippen LogP contribution < -0.4 is 21.7 Å². The van der Waals surface area contributed by atoms with Crippen LogP contribution in [-0.4, -0.2) is 68.2 Å². The predicted octanol–water partition coefficient (Wildman–Crippen LogP) is 2.52. The molecule has 5 unspecified atom stereocenters. The van der Waals surface area contributed by atoms with Crippen LogP contribution in [0.25, 0.3) is 10.9 Å². The first-order chi connectivity index (χ1) is 22.4. The molecular formula is C35H41N5O7. The third kappa shape index (κ3) is 9.33. The number of H-pyrrole nitrogens is 1. The standard InChI is InChI=1S/C35H41N5O7/c1-3-20(2)31(36)34(45)39-28(16-21-8-12-24(41)13-9-21)32(43)38-29(18-23-19-37-27-7-5-4-6-26(23)27)33(44)40-30(35(46)47)17-22-10-14-25(42)15-11-22/h4-15,19-20,28-31,37,41-42H,3,16-18,36H2,1-2H3,(H,38,43)(H,39,45)(H,40,44)(H,46,47). The molecule has 0 aliphatic rings. The minimum Gasteiger partial charge on any atom is -0.508 e. The smallest absolute Gasteiger partial charge is 0.326 e. The Morgan fingerprint density at radius 1 is 0.723 bits per heavy atom. The molecule has 1 heterocycles. The van der Waals surface area contributed by atoms with Crippen molar-refractivity contribution in [1.82, 2.24) is 20.9 Å². The van der Waals surface area contributed by atoms with Crippen LogP contribution in [0, 0.1) is 5.92 Å². The molecule has 9 N–H and O–H groups in total. The number of carboxylic acid groups (broad SMARTS) is 1. The van der Waals surface area contributed by atoms with E-state index in [2.05, 4.69) is 20.9 Å².